The summed E-state index contributed by atoms with van der Waals surface area (Å²) in [7, 11) is 0. The van der Waals surface area contributed by atoms with Crippen molar-refractivity contribution in [3.05, 3.63) is 64.0 Å². The van der Waals surface area contributed by atoms with Crippen molar-refractivity contribution in [2.75, 3.05) is 36.5 Å². The number of morpholine rings is 1. The van der Waals surface area contributed by atoms with Gasteiger partial charge in [0.15, 0.2) is 11.2 Å². The van der Waals surface area contributed by atoms with Gasteiger partial charge in [0.25, 0.3) is 5.91 Å². The van der Waals surface area contributed by atoms with E-state index in [1.807, 2.05) is 0 Å². The van der Waals surface area contributed by atoms with E-state index >= 15 is 0 Å². The van der Waals surface area contributed by atoms with E-state index in [-0.39, 0.29) is 13.0 Å². The van der Waals surface area contributed by atoms with Gasteiger partial charge in [-0.05, 0) is 6.07 Å². The molecule has 1 amide bonds. The normalized spacial score (nSPS) is 17.6. The molecule has 210 valence electrons. The van der Waals surface area contributed by atoms with Gasteiger partial charge in [0, 0.05) is 71.9 Å². The van der Waals surface area contributed by atoms with Gasteiger partial charge in [0.2, 0.25) is 5.95 Å². The first-order valence-electron chi connectivity index (χ1n) is 12.9. The number of fused-ring (bicyclic) bond motifs is 2. The molecule has 2 aliphatic heterocycles. The average Bonchev–Trinajstić information content (AvgIpc) is 3.78. The summed E-state index contributed by atoms with van der Waals surface area (Å²) in [6.07, 6.45) is 7.31. The van der Waals surface area contributed by atoms with Gasteiger partial charge in [0.05, 0.1) is 41.8 Å². The Morgan fingerprint density at radius 1 is 1.17 bits per heavy atom. The van der Waals surface area contributed by atoms with Crippen LogP contribution in [0.3, 0.4) is 0 Å². The smallest absolute Gasteiger partial charge is 0.257 e. The van der Waals surface area contributed by atoms with Crippen LogP contribution in [-0.2, 0) is 22.5 Å². The van der Waals surface area contributed by atoms with Crippen LogP contribution in [0.2, 0.25) is 10.0 Å². The monoisotopic (exact) mass is 613 g/mol. The van der Waals surface area contributed by atoms with Crippen molar-refractivity contribution in [3.8, 4) is 11.1 Å². The van der Waals surface area contributed by atoms with Crippen LogP contribution in [-0.4, -0.2) is 72.7 Å². The van der Waals surface area contributed by atoms with Gasteiger partial charge < -0.3 is 14.2 Å². The summed E-state index contributed by atoms with van der Waals surface area (Å²) < 4.78 is 22.9. The van der Waals surface area contributed by atoms with Crippen molar-refractivity contribution in [1.29, 1.82) is 0 Å². The predicted octanol–water partition coefficient (Wildman–Crippen LogP) is 4.41. The predicted molar refractivity (Wildman–Crippen MR) is 154 cm³/mol. The molecule has 0 bridgehead atoms. The third-order valence-electron chi connectivity index (χ3n) is 7.17. The molecule has 6 heterocycles. The van der Waals surface area contributed by atoms with E-state index in [4.69, 9.17) is 33.0 Å². The molecule has 1 fully saturated rings. The van der Waals surface area contributed by atoms with Gasteiger partial charge in [-0.3, -0.25) is 14.8 Å². The maximum Gasteiger partial charge on any atom is 0.257 e. The topological polar surface area (TPSA) is 116 Å². The summed E-state index contributed by atoms with van der Waals surface area (Å²) in [6, 6.07) is 0.720. The zero-order chi connectivity index (χ0) is 28.1. The minimum absolute atomic E-state index is 0.156. The number of carbonyl (C=O) groups excluding carboxylic acids is 1. The second-order valence-corrected chi connectivity index (χ2v) is 11.4. The molecule has 0 saturated carbocycles. The lowest BCUT2D eigenvalue weighted by Gasteiger charge is -2.26. The zero-order valence-electron chi connectivity index (χ0n) is 21.4. The van der Waals surface area contributed by atoms with Crippen LogP contribution in [0.25, 0.3) is 22.0 Å². The van der Waals surface area contributed by atoms with Crippen LogP contribution in [0.1, 0.15) is 17.4 Å². The summed E-state index contributed by atoms with van der Waals surface area (Å²) >= 11 is 14.9. The highest BCUT2D eigenvalue weighted by Crippen LogP contribution is 2.39. The molecule has 2 atom stereocenters. The SMILES string of the molecule is O=C(Nc1nccs1)C(c1ncn2c1C[C@@H](F)C2)n1cc2c(Cl)cc(-c3cnc(N4CCOCC4)nc3)c(Cl)c2n1. The molecule has 5 aromatic rings. The standard InChI is InChI=1S/C26H22Cl2FN9O2S/c27-18-8-16(14-9-31-25(32-10-14)36-2-4-40-5-3-36)20(28)21-17(18)12-38(35-21)23(24(39)34-26-30-1-6-41-26)22-19-7-15(29)11-37(19)13-33-22/h1,6,8-10,12-13,15,23H,2-5,7,11H2,(H,30,34,39)/t15-,23?/m1/s1. The van der Waals surface area contributed by atoms with Crippen LogP contribution in [0.4, 0.5) is 15.5 Å². The van der Waals surface area contributed by atoms with Crippen molar-refractivity contribution in [2.45, 2.75) is 25.2 Å². The van der Waals surface area contributed by atoms with Crippen molar-refractivity contribution >= 4 is 62.4 Å². The molecule has 0 aliphatic carbocycles. The van der Waals surface area contributed by atoms with Crippen molar-refractivity contribution in [3.63, 3.8) is 0 Å². The molecule has 41 heavy (non-hydrogen) atoms. The Balaban J connectivity index is 1.28. The summed E-state index contributed by atoms with van der Waals surface area (Å²) in [5, 5.41) is 11.0. The molecule has 1 unspecified atom stereocenters. The molecule has 0 spiro atoms. The van der Waals surface area contributed by atoms with Gasteiger partial charge in [-0.15, -0.1) is 11.3 Å². The third-order valence-corrected chi connectivity index (χ3v) is 8.55. The van der Waals surface area contributed by atoms with Gasteiger partial charge >= 0.3 is 0 Å². The number of rotatable bonds is 6. The quantitative estimate of drug-likeness (QED) is 0.299. The second-order valence-electron chi connectivity index (χ2n) is 9.72. The summed E-state index contributed by atoms with van der Waals surface area (Å²) in [5.41, 5.74) is 2.73. The van der Waals surface area contributed by atoms with E-state index in [0.29, 0.717) is 67.8 Å². The number of hydrogen-bond acceptors (Lipinski definition) is 9. The molecule has 11 nitrogen and oxygen atoms in total. The Hall–Kier alpha value is -3.65. The Kier molecular flexibility index (Phi) is 6.81. The highest BCUT2D eigenvalue weighted by molar-refractivity contribution is 7.13. The number of anilines is 2. The molecule has 15 heteroatoms. The Bertz CT molecular complexity index is 1740. The summed E-state index contributed by atoms with van der Waals surface area (Å²) in [4.78, 5) is 33.4. The lowest BCUT2D eigenvalue weighted by molar-refractivity contribution is -0.118. The molecule has 1 aromatic carbocycles. The third kappa shape index (κ3) is 4.82. The Morgan fingerprint density at radius 3 is 2.73 bits per heavy atom. The highest BCUT2D eigenvalue weighted by atomic mass is 35.5. The van der Waals surface area contributed by atoms with Crippen molar-refractivity contribution < 1.29 is 13.9 Å². The molecule has 1 saturated heterocycles. The summed E-state index contributed by atoms with van der Waals surface area (Å²) in [5.74, 6) is 0.193. The number of ether oxygens (including phenoxy) is 1. The lowest BCUT2D eigenvalue weighted by atomic mass is 10.1. The average molecular weight is 614 g/mol. The van der Waals surface area contributed by atoms with Crippen molar-refractivity contribution in [2.24, 2.45) is 0 Å². The van der Waals surface area contributed by atoms with E-state index < -0.39 is 18.1 Å². The molecular formula is C26H22Cl2FN9O2S. The number of nitrogens with one attached hydrogen (secondary N) is 1. The fraction of sp³-hybridized carbons (Fsp3) is 0.308. The minimum Gasteiger partial charge on any atom is -0.378 e. The van der Waals surface area contributed by atoms with E-state index in [1.165, 1.54) is 16.0 Å². The zero-order valence-corrected chi connectivity index (χ0v) is 23.7. The van der Waals surface area contributed by atoms with E-state index in [1.54, 1.807) is 47.1 Å². The molecule has 2 aliphatic rings. The number of carbonyl (C=O) groups is 1. The molecule has 7 rings (SSSR count). The Labute approximate surface area is 246 Å². The first-order valence-corrected chi connectivity index (χ1v) is 14.5. The van der Waals surface area contributed by atoms with Gasteiger partial charge in [-0.2, -0.15) is 5.10 Å². The number of imidazole rings is 1. The van der Waals surface area contributed by atoms with Gasteiger partial charge in [-0.25, -0.2) is 24.3 Å². The molecule has 4 aromatic heterocycles. The first-order chi connectivity index (χ1) is 20.0. The fourth-order valence-corrected chi connectivity index (χ4v) is 6.28. The number of thiazole rings is 1. The minimum atomic E-state index is -1.05. The molecule has 0 radical (unpaired) electrons. The van der Waals surface area contributed by atoms with Crippen LogP contribution in [0.5, 0.6) is 0 Å². The second kappa shape index (κ2) is 10.6. The maximum absolute atomic E-state index is 14.3. The van der Waals surface area contributed by atoms with Crippen LogP contribution < -0.4 is 10.2 Å². The largest absolute Gasteiger partial charge is 0.378 e. The number of nitrogens with zero attached hydrogens (tertiary/aromatic N) is 8. The first kappa shape index (κ1) is 26.3. The number of halogens is 3. The van der Waals surface area contributed by atoms with E-state index in [9.17, 15) is 9.18 Å². The summed E-state index contributed by atoms with van der Waals surface area (Å²) in [6.45, 7) is 2.89. The van der Waals surface area contributed by atoms with E-state index in [0.717, 1.165) is 13.1 Å². The number of aromatic nitrogens is 7. The molecule has 1 N–H and O–H groups in total. The lowest BCUT2D eigenvalue weighted by Crippen LogP contribution is -2.37. The van der Waals surface area contributed by atoms with Gasteiger partial charge in [-0.1, -0.05) is 23.2 Å². The van der Waals surface area contributed by atoms with Gasteiger partial charge in [0.1, 0.15) is 11.7 Å². The van der Waals surface area contributed by atoms with Crippen LogP contribution in [0.15, 0.2) is 42.6 Å². The van der Waals surface area contributed by atoms with Crippen LogP contribution in [0, 0.1) is 0 Å². The fourth-order valence-electron chi connectivity index (χ4n) is 5.20. The number of alkyl halides is 1. The van der Waals surface area contributed by atoms with Crippen LogP contribution >= 0.6 is 34.5 Å². The molecular weight excluding hydrogens is 592 g/mol. The number of hydrogen-bond donors (Lipinski definition) is 1. The highest BCUT2D eigenvalue weighted by Gasteiger charge is 2.34. The van der Waals surface area contributed by atoms with E-state index in [2.05, 4.69) is 30.2 Å². The maximum atomic E-state index is 14.3. The Morgan fingerprint density at radius 2 is 1.98 bits per heavy atom. The van der Waals surface area contributed by atoms with Crippen molar-refractivity contribution in [1.82, 2.24) is 34.3 Å². The number of benzene rings is 1. The number of amides is 1.